The molecule has 2 N–H and O–H groups in total. The van der Waals surface area contributed by atoms with Crippen LogP contribution in [0.15, 0.2) is 0 Å². The summed E-state index contributed by atoms with van der Waals surface area (Å²) in [6.07, 6.45) is -2.56. The maximum absolute atomic E-state index is 11.3. The maximum atomic E-state index is 11.3. The van der Waals surface area contributed by atoms with E-state index in [2.05, 4.69) is 10.1 Å². The Balaban J connectivity index is 4.03. The zero-order valence-corrected chi connectivity index (χ0v) is 12.8. The van der Waals surface area contributed by atoms with Gasteiger partial charge in [-0.1, -0.05) is 13.8 Å². The van der Waals surface area contributed by atoms with Gasteiger partial charge in [0.05, 0.1) is 18.6 Å². The smallest absolute Gasteiger partial charge is 0.410 e. The first-order chi connectivity index (χ1) is 9.01. The molecule has 0 aromatic rings. The highest BCUT2D eigenvalue weighted by Gasteiger charge is 2.19. The molecular formula is C11H20NO7P. The number of Topliss-reactive ketones (excluding diaryl/α,β-unsaturated/α-hetero) is 1. The van der Waals surface area contributed by atoms with Gasteiger partial charge < -0.3 is 19.7 Å². The Kier molecular flexibility index (Phi) is 7.45. The number of rotatable bonds is 7. The predicted octanol–water partition coefficient (Wildman–Crippen LogP) is 0.727. The van der Waals surface area contributed by atoms with Gasteiger partial charge in [-0.15, -0.1) is 0 Å². The second-order valence-corrected chi connectivity index (χ2v) is 7.08. The van der Waals surface area contributed by atoms with E-state index in [4.69, 9.17) is 9.63 Å². The van der Waals surface area contributed by atoms with E-state index in [0.29, 0.717) is 0 Å². The minimum atomic E-state index is -3.45. The summed E-state index contributed by atoms with van der Waals surface area (Å²) >= 11 is 0. The molecule has 0 aliphatic carbocycles. The number of alkyl carbamates (subject to hydrolysis) is 1. The predicted molar refractivity (Wildman–Crippen MR) is 70.5 cm³/mol. The van der Waals surface area contributed by atoms with Crippen molar-refractivity contribution in [2.75, 3.05) is 19.4 Å². The SMILES string of the molecule is CC(OC(=O)NCC(=O)CP(C)(=O)O)OC(=O)C(C)C. The van der Waals surface area contributed by atoms with Gasteiger partial charge in [-0.25, -0.2) is 4.79 Å². The van der Waals surface area contributed by atoms with Crippen molar-refractivity contribution >= 4 is 25.2 Å². The van der Waals surface area contributed by atoms with Crippen LogP contribution in [0.25, 0.3) is 0 Å². The molecule has 0 heterocycles. The topological polar surface area (TPSA) is 119 Å². The third-order valence-electron chi connectivity index (χ3n) is 1.93. The van der Waals surface area contributed by atoms with E-state index in [1.54, 1.807) is 13.8 Å². The Bertz CT molecular complexity index is 415. The molecule has 1 amide bonds. The van der Waals surface area contributed by atoms with Gasteiger partial charge in [-0.2, -0.15) is 0 Å². The summed E-state index contributed by atoms with van der Waals surface area (Å²) in [6.45, 7) is 5.24. The highest BCUT2D eigenvalue weighted by Crippen LogP contribution is 2.34. The van der Waals surface area contributed by atoms with Crippen molar-refractivity contribution in [2.24, 2.45) is 5.92 Å². The Morgan fingerprint density at radius 1 is 1.20 bits per heavy atom. The molecule has 0 radical (unpaired) electrons. The molecule has 0 aliphatic heterocycles. The van der Waals surface area contributed by atoms with Crippen LogP contribution in [-0.4, -0.2) is 48.4 Å². The monoisotopic (exact) mass is 309 g/mol. The van der Waals surface area contributed by atoms with Crippen molar-refractivity contribution in [1.29, 1.82) is 0 Å². The summed E-state index contributed by atoms with van der Waals surface area (Å²) in [7, 11) is -3.45. The van der Waals surface area contributed by atoms with E-state index in [0.717, 1.165) is 6.66 Å². The lowest BCUT2D eigenvalue weighted by Crippen LogP contribution is -2.34. The molecule has 0 aromatic carbocycles. The zero-order chi connectivity index (χ0) is 15.9. The number of hydrogen-bond acceptors (Lipinski definition) is 6. The number of nitrogens with one attached hydrogen (secondary N) is 1. The Morgan fingerprint density at radius 3 is 2.20 bits per heavy atom. The second kappa shape index (κ2) is 8.01. The summed E-state index contributed by atoms with van der Waals surface area (Å²) in [5, 5.41) is 2.10. The first-order valence-corrected chi connectivity index (χ1v) is 8.26. The van der Waals surface area contributed by atoms with Crippen molar-refractivity contribution < 1.29 is 33.3 Å². The third kappa shape index (κ3) is 9.52. The first kappa shape index (κ1) is 18.6. The van der Waals surface area contributed by atoms with Crippen LogP contribution in [0.3, 0.4) is 0 Å². The third-order valence-corrected chi connectivity index (χ3v) is 2.87. The lowest BCUT2D eigenvalue weighted by Gasteiger charge is -2.15. The number of hydrogen-bond donors (Lipinski definition) is 2. The van der Waals surface area contributed by atoms with Gasteiger partial charge in [0, 0.05) is 13.6 Å². The first-order valence-electron chi connectivity index (χ1n) is 5.97. The number of amides is 1. The molecular weight excluding hydrogens is 289 g/mol. The quantitative estimate of drug-likeness (QED) is 0.404. The van der Waals surface area contributed by atoms with Crippen LogP contribution in [0.2, 0.25) is 0 Å². The van der Waals surface area contributed by atoms with Crippen molar-refractivity contribution in [1.82, 2.24) is 5.32 Å². The molecule has 0 saturated carbocycles. The van der Waals surface area contributed by atoms with Crippen LogP contribution in [0.1, 0.15) is 20.8 Å². The van der Waals surface area contributed by atoms with E-state index in [-0.39, 0.29) is 5.92 Å². The second-order valence-electron chi connectivity index (χ2n) is 4.67. The molecule has 9 heteroatoms. The van der Waals surface area contributed by atoms with E-state index >= 15 is 0 Å². The highest BCUT2D eigenvalue weighted by molar-refractivity contribution is 7.58. The number of carbonyl (C=O) groups excluding carboxylic acids is 3. The van der Waals surface area contributed by atoms with Gasteiger partial charge in [-0.3, -0.25) is 14.2 Å². The number of ketones is 1. The van der Waals surface area contributed by atoms with Crippen LogP contribution >= 0.6 is 7.37 Å². The van der Waals surface area contributed by atoms with Crippen LogP contribution in [0.5, 0.6) is 0 Å². The van der Waals surface area contributed by atoms with Crippen molar-refractivity contribution in [3.8, 4) is 0 Å². The zero-order valence-electron chi connectivity index (χ0n) is 11.9. The van der Waals surface area contributed by atoms with Gasteiger partial charge in [-0.05, 0) is 0 Å². The minimum absolute atomic E-state index is 0.353. The Morgan fingerprint density at radius 2 is 1.75 bits per heavy atom. The van der Waals surface area contributed by atoms with Crippen molar-refractivity contribution in [2.45, 2.75) is 27.1 Å². The molecule has 0 rings (SSSR count). The molecule has 2 unspecified atom stereocenters. The maximum Gasteiger partial charge on any atom is 0.410 e. The van der Waals surface area contributed by atoms with Crippen LogP contribution in [0.4, 0.5) is 4.79 Å². The van der Waals surface area contributed by atoms with E-state index in [1.165, 1.54) is 6.92 Å². The molecule has 116 valence electrons. The van der Waals surface area contributed by atoms with Gasteiger partial charge in [0.2, 0.25) is 13.7 Å². The molecule has 0 fully saturated rings. The fourth-order valence-corrected chi connectivity index (χ4v) is 1.84. The van der Waals surface area contributed by atoms with Crippen LogP contribution in [0, 0.1) is 5.92 Å². The summed E-state index contributed by atoms with van der Waals surface area (Å²) < 4.78 is 20.4. The molecule has 8 nitrogen and oxygen atoms in total. The summed E-state index contributed by atoms with van der Waals surface area (Å²) in [6, 6.07) is 0. The van der Waals surface area contributed by atoms with E-state index < -0.39 is 44.2 Å². The molecule has 0 aliphatic rings. The van der Waals surface area contributed by atoms with Gasteiger partial charge in [0.25, 0.3) is 0 Å². The van der Waals surface area contributed by atoms with Crippen molar-refractivity contribution in [3.05, 3.63) is 0 Å². The minimum Gasteiger partial charge on any atom is -0.425 e. The van der Waals surface area contributed by atoms with Gasteiger partial charge in [0.15, 0.2) is 5.78 Å². The Labute approximate surface area is 117 Å². The number of ether oxygens (including phenoxy) is 2. The normalized spacial score (nSPS) is 15.1. The highest BCUT2D eigenvalue weighted by atomic mass is 31.2. The molecule has 2 atom stereocenters. The van der Waals surface area contributed by atoms with Gasteiger partial charge >= 0.3 is 12.1 Å². The molecule has 20 heavy (non-hydrogen) atoms. The summed E-state index contributed by atoms with van der Waals surface area (Å²) in [5.74, 6) is -1.47. The van der Waals surface area contributed by atoms with Crippen molar-refractivity contribution in [3.63, 3.8) is 0 Å². The average molecular weight is 309 g/mol. The van der Waals surface area contributed by atoms with Crippen LogP contribution in [-0.2, 0) is 23.6 Å². The summed E-state index contributed by atoms with van der Waals surface area (Å²) in [5.41, 5.74) is 0. The molecule has 0 bridgehead atoms. The molecule has 0 saturated heterocycles. The average Bonchev–Trinajstić information content (AvgIpc) is 2.23. The van der Waals surface area contributed by atoms with E-state index in [9.17, 15) is 18.9 Å². The van der Waals surface area contributed by atoms with Gasteiger partial charge in [0.1, 0.15) is 0 Å². The van der Waals surface area contributed by atoms with Crippen LogP contribution < -0.4 is 5.32 Å². The Hall–Kier alpha value is -1.40. The number of carbonyl (C=O) groups is 3. The fourth-order valence-electron chi connectivity index (χ4n) is 1.07. The van der Waals surface area contributed by atoms with E-state index in [1.807, 2.05) is 0 Å². The number of esters is 1. The molecule has 0 aromatic heterocycles. The lowest BCUT2D eigenvalue weighted by molar-refractivity contribution is -0.168. The summed E-state index contributed by atoms with van der Waals surface area (Å²) in [4.78, 5) is 42.7. The molecule has 0 spiro atoms. The fraction of sp³-hybridized carbons (Fsp3) is 0.727. The standard InChI is InChI=1S/C11H20NO7P/c1-7(2)10(14)18-8(3)19-11(15)12-5-9(13)6-20(4,16)17/h7-8H,5-6H2,1-4H3,(H,12,15)(H,16,17). The largest absolute Gasteiger partial charge is 0.425 e. The lowest BCUT2D eigenvalue weighted by atomic mass is 10.2.